The molecule has 3 N–H and O–H groups in total. The number of benzene rings is 2. The fraction of sp³-hybridized carbons (Fsp3) is 0.409. The molecule has 0 aliphatic rings. The van der Waals surface area contributed by atoms with E-state index in [9.17, 15) is 9.90 Å². The minimum absolute atomic E-state index is 0.184. The lowest BCUT2D eigenvalue weighted by Crippen LogP contribution is -2.42. The SMILES string of the molecule is CCCCOc1ccc(NC(=O)NCC(C)(O)CCc2ccccc2)cc1. The van der Waals surface area contributed by atoms with Crippen LogP contribution in [-0.4, -0.2) is 29.9 Å². The third-order valence-electron chi connectivity index (χ3n) is 4.30. The van der Waals surface area contributed by atoms with Gasteiger partial charge in [-0.25, -0.2) is 4.79 Å². The normalized spacial score (nSPS) is 12.9. The van der Waals surface area contributed by atoms with Crippen LogP contribution in [0.1, 0.15) is 38.7 Å². The van der Waals surface area contributed by atoms with Crippen LogP contribution in [0.4, 0.5) is 10.5 Å². The van der Waals surface area contributed by atoms with Crippen molar-refractivity contribution in [1.82, 2.24) is 5.32 Å². The predicted molar refractivity (Wildman–Crippen MR) is 109 cm³/mol. The Balaban J connectivity index is 1.72. The summed E-state index contributed by atoms with van der Waals surface area (Å²) in [6, 6.07) is 16.9. The van der Waals surface area contributed by atoms with E-state index >= 15 is 0 Å². The van der Waals surface area contributed by atoms with Gasteiger partial charge < -0.3 is 20.5 Å². The molecular formula is C22H30N2O3. The summed E-state index contributed by atoms with van der Waals surface area (Å²) in [7, 11) is 0. The number of carbonyl (C=O) groups is 1. The van der Waals surface area contributed by atoms with Crippen molar-refractivity contribution in [3.63, 3.8) is 0 Å². The summed E-state index contributed by atoms with van der Waals surface area (Å²) in [6.07, 6.45) is 3.44. The molecule has 5 nitrogen and oxygen atoms in total. The number of rotatable bonds is 10. The van der Waals surface area contributed by atoms with Gasteiger partial charge in [0.1, 0.15) is 5.75 Å². The topological polar surface area (TPSA) is 70.6 Å². The minimum Gasteiger partial charge on any atom is -0.494 e. The highest BCUT2D eigenvalue weighted by molar-refractivity contribution is 5.89. The van der Waals surface area contributed by atoms with Crippen molar-refractivity contribution in [1.29, 1.82) is 0 Å². The average Bonchev–Trinajstić information content (AvgIpc) is 2.67. The van der Waals surface area contributed by atoms with Gasteiger partial charge in [0.25, 0.3) is 0 Å². The molecule has 0 aliphatic heterocycles. The molecule has 0 aromatic heterocycles. The van der Waals surface area contributed by atoms with Crippen LogP contribution in [0.3, 0.4) is 0 Å². The molecule has 0 saturated heterocycles. The first-order valence-electron chi connectivity index (χ1n) is 9.52. The zero-order valence-electron chi connectivity index (χ0n) is 16.2. The first kappa shape index (κ1) is 20.8. The third kappa shape index (κ3) is 8.13. The van der Waals surface area contributed by atoms with Gasteiger partial charge in [0.2, 0.25) is 0 Å². The Morgan fingerprint density at radius 2 is 1.81 bits per heavy atom. The zero-order valence-corrected chi connectivity index (χ0v) is 16.2. The largest absolute Gasteiger partial charge is 0.494 e. The van der Waals surface area contributed by atoms with Crippen molar-refractivity contribution in [2.45, 2.75) is 45.1 Å². The number of hydrogen-bond acceptors (Lipinski definition) is 3. The molecule has 2 aromatic rings. The highest BCUT2D eigenvalue weighted by Gasteiger charge is 2.21. The molecule has 5 heteroatoms. The van der Waals surface area contributed by atoms with Gasteiger partial charge in [-0.1, -0.05) is 43.7 Å². The third-order valence-corrected chi connectivity index (χ3v) is 4.30. The summed E-state index contributed by atoms with van der Waals surface area (Å²) >= 11 is 0. The van der Waals surface area contributed by atoms with Gasteiger partial charge in [0.15, 0.2) is 0 Å². The number of nitrogens with one attached hydrogen (secondary N) is 2. The molecule has 0 saturated carbocycles. The van der Waals surface area contributed by atoms with E-state index in [1.807, 2.05) is 42.5 Å². The minimum atomic E-state index is -0.968. The number of aryl methyl sites for hydroxylation is 1. The van der Waals surface area contributed by atoms with Crippen LogP contribution in [0.2, 0.25) is 0 Å². The Hall–Kier alpha value is -2.53. The Labute approximate surface area is 161 Å². The number of hydrogen-bond donors (Lipinski definition) is 3. The van der Waals surface area contributed by atoms with Gasteiger partial charge in [-0.15, -0.1) is 0 Å². The number of anilines is 1. The van der Waals surface area contributed by atoms with Crippen molar-refractivity contribution in [2.75, 3.05) is 18.5 Å². The highest BCUT2D eigenvalue weighted by Crippen LogP contribution is 2.16. The van der Waals surface area contributed by atoms with Crippen molar-refractivity contribution in [3.05, 3.63) is 60.2 Å². The number of ether oxygens (including phenoxy) is 1. The number of amides is 2. The van der Waals surface area contributed by atoms with Crippen LogP contribution >= 0.6 is 0 Å². The average molecular weight is 370 g/mol. The zero-order chi connectivity index (χ0) is 19.5. The van der Waals surface area contributed by atoms with E-state index in [0.717, 1.165) is 25.0 Å². The fourth-order valence-corrected chi connectivity index (χ4v) is 2.56. The second-order valence-electron chi connectivity index (χ2n) is 7.02. The molecule has 27 heavy (non-hydrogen) atoms. The molecule has 0 fully saturated rings. The first-order chi connectivity index (χ1) is 13.0. The van der Waals surface area contributed by atoms with Crippen LogP contribution in [-0.2, 0) is 6.42 Å². The fourth-order valence-electron chi connectivity index (χ4n) is 2.56. The Morgan fingerprint density at radius 3 is 2.48 bits per heavy atom. The summed E-state index contributed by atoms with van der Waals surface area (Å²) in [4.78, 5) is 12.1. The maximum atomic E-state index is 12.1. The van der Waals surface area contributed by atoms with Gasteiger partial charge in [-0.05, 0) is 56.0 Å². The molecule has 0 bridgehead atoms. The van der Waals surface area contributed by atoms with Crippen LogP contribution in [0.15, 0.2) is 54.6 Å². The quantitative estimate of drug-likeness (QED) is 0.544. The molecule has 0 aliphatic carbocycles. The highest BCUT2D eigenvalue weighted by atomic mass is 16.5. The van der Waals surface area contributed by atoms with Crippen molar-refractivity contribution in [3.8, 4) is 5.75 Å². The molecule has 1 atom stereocenters. The molecular weight excluding hydrogens is 340 g/mol. The van der Waals surface area contributed by atoms with Crippen LogP contribution in [0.25, 0.3) is 0 Å². The molecule has 0 heterocycles. The van der Waals surface area contributed by atoms with E-state index < -0.39 is 5.60 Å². The van der Waals surface area contributed by atoms with E-state index in [-0.39, 0.29) is 12.6 Å². The van der Waals surface area contributed by atoms with Crippen LogP contribution in [0, 0.1) is 0 Å². The van der Waals surface area contributed by atoms with E-state index in [1.165, 1.54) is 5.56 Å². The maximum Gasteiger partial charge on any atom is 0.319 e. The van der Waals surface area contributed by atoms with Crippen molar-refractivity contribution in [2.24, 2.45) is 0 Å². The summed E-state index contributed by atoms with van der Waals surface area (Å²) in [5, 5.41) is 16.0. The Bertz CT molecular complexity index is 684. The Kier molecular flexibility index (Phi) is 8.14. The molecule has 2 amide bonds. The first-order valence-corrected chi connectivity index (χ1v) is 9.52. The number of aliphatic hydroxyl groups is 1. The van der Waals surface area contributed by atoms with Crippen LogP contribution < -0.4 is 15.4 Å². The van der Waals surface area contributed by atoms with E-state index in [4.69, 9.17) is 4.74 Å². The lowest BCUT2D eigenvalue weighted by Gasteiger charge is -2.23. The molecule has 0 spiro atoms. The maximum absolute atomic E-state index is 12.1. The van der Waals surface area contributed by atoms with Crippen molar-refractivity contribution >= 4 is 11.7 Å². The summed E-state index contributed by atoms with van der Waals surface area (Å²) < 4.78 is 5.60. The summed E-state index contributed by atoms with van der Waals surface area (Å²) in [5.41, 5.74) is 0.882. The lowest BCUT2D eigenvalue weighted by molar-refractivity contribution is 0.0539. The predicted octanol–water partition coefficient (Wildman–Crippen LogP) is 4.37. The van der Waals surface area contributed by atoms with Gasteiger partial charge in [0.05, 0.1) is 12.2 Å². The lowest BCUT2D eigenvalue weighted by atomic mass is 9.97. The second kappa shape index (κ2) is 10.6. The van der Waals surface area contributed by atoms with E-state index in [1.54, 1.807) is 19.1 Å². The molecule has 0 radical (unpaired) electrons. The summed E-state index contributed by atoms with van der Waals surface area (Å²) in [5.74, 6) is 0.790. The molecule has 1 unspecified atom stereocenters. The van der Waals surface area contributed by atoms with Gasteiger partial charge in [-0.2, -0.15) is 0 Å². The monoisotopic (exact) mass is 370 g/mol. The van der Waals surface area contributed by atoms with Gasteiger partial charge in [-0.3, -0.25) is 0 Å². The number of urea groups is 1. The van der Waals surface area contributed by atoms with Crippen molar-refractivity contribution < 1.29 is 14.6 Å². The van der Waals surface area contributed by atoms with E-state index in [0.29, 0.717) is 18.7 Å². The van der Waals surface area contributed by atoms with Gasteiger partial charge >= 0.3 is 6.03 Å². The standard InChI is InChI=1S/C22H30N2O3/c1-3-4-16-27-20-12-10-19(11-13-20)24-21(25)23-17-22(2,26)15-14-18-8-6-5-7-9-18/h5-13,26H,3-4,14-17H2,1-2H3,(H2,23,24,25). The second-order valence-corrected chi connectivity index (χ2v) is 7.02. The van der Waals surface area contributed by atoms with Gasteiger partial charge in [0, 0.05) is 12.2 Å². The molecule has 2 rings (SSSR count). The molecule has 2 aromatic carbocycles. The number of unbranched alkanes of at least 4 members (excludes halogenated alkanes) is 1. The number of carbonyl (C=O) groups excluding carboxylic acids is 1. The molecule has 146 valence electrons. The van der Waals surface area contributed by atoms with E-state index in [2.05, 4.69) is 17.6 Å². The smallest absolute Gasteiger partial charge is 0.319 e. The summed E-state index contributed by atoms with van der Waals surface area (Å²) in [6.45, 7) is 4.73. The van der Waals surface area contributed by atoms with Crippen LogP contribution in [0.5, 0.6) is 5.75 Å². The Morgan fingerprint density at radius 1 is 1.11 bits per heavy atom.